The van der Waals surface area contributed by atoms with Crippen molar-refractivity contribution in [1.82, 2.24) is 24.1 Å². The van der Waals surface area contributed by atoms with Gasteiger partial charge >= 0.3 is 5.69 Å². The Morgan fingerprint density at radius 2 is 1.89 bits per heavy atom. The first kappa shape index (κ1) is 18.7. The molecular weight excluding hydrogens is 354 g/mol. The first-order chi connectivity index (χ1) is 13.0. The van der Waals surface area contributed by atoms with Gasteiger partial charge in [-0.1, -0.05) is 24.3 Å². The lowest BCUT2D eigenvalue weighted by molar-refractivity contribution is 0.400. The molecule has 0 aliphatic rings. The highest BCUT2D eigenvalue weighted by Gasteiger charge is 2.11. The largest absolute Gasteiger partial charge is 0.346 e. The molecule has 2 heterocycles. The van der Waals surface area contributed by atoms with Crippen LogP contribution in [0.4, 0.5) is 8.78 Å². The summed E-state index contributed by atoms with van der Waals surface area (Å²) in [4.78, 5) is 12.3. The van der Waals surface area contributed by atoms with Crippen LogP contribution < -0.4 is 11.4 Å². The van der Waals surface area contributed by atoms with Crippen LogP contribution in [0.2, 0.25) is 0 Å². The first-order valence-corrected chi connectivity index (χ1v) is 8.49. The van der Waals surface area contributed by atoms with E-state index in [1.807, 2.05) is 42.1 Å². The van der Waals surface area contributed by atoms with Gasteiger partial charge < -0.3 is 5.73 Å². The van der Waals surface area contributed by atoms with E-state index in [2.05, 4.69) is 10.2 Å². The zero-order valence-electron chi connectivity index (χ0n) is 14.8. The molecule has 0 radical (unpaired) electrons. The molecule has 0 spiro atoms. The second-order valence-corrected chi connectivity index (χ2v) is 6.05. The number of nitrogens with two attached hydrogens (primary N) is 1. The van der Waals surface area contributed by atoms with Gasteiger partial charge in [-0.05, 0) is 18.1 Å². The minimum atomic E-state index is -1.87. The topological polar surface area (TPSA) is 83.7 Å². The molecule has 3 rings (SSSR count). The van der Waals surface area contributed by atoms with Crippen LogP contribution >= 0.6 is 0 Å². The third-order valence-electron chi connectivity index (χ3n) is 4.25. The molecule has 1 aromatic carbocycles. The molecule has 3 aromatic rings. The van der Waals surface area contributed by atoms with Gasteiger partial charge in [-0.3, -0.25) is 9.25 Å². The summed E-state index contributed by atoms with van der Waals surface area (Å²) in [5, 5.41) is 8.15. The summed E-state index contributed by atoms with van der Waals surface area (Å²) in [7, 11) is 0. The number of nitrogens with zero attached hydrogens (tertiary/aromatic N) is 5. The third-order valence-corrected chi connectivity index (χ3v) is 4.25. The summed E-state index contributed by atoms with van der Waals surface area (Å²) in [5.41, 5.74) is 7.45. The van der Waals surface area contributed by atoms with Crippen molar-refractivity contribution in [3.63, 3.8) is 0 Å². The number of aryl methyl sites for hydroxylation is 1. The van der Waals surface area contributed by atoms with Crippen LogP contribution in [0, 0.1) is 0 Å². The predicted octanol–water partition coefficient (Wildman–Crippen LogP) is 2.09. The fourth-order valence-electron chi connectivity index (χ4n) is 2.66. The van der Waals surface area contributed by atoms with Crippen LogP contribution in [-0.2, 0) is 19.6 Å². The highest BCUT2D eigenvalue weighted by atomic mass is 19.3. The number of hydrogen-bond acceptors (Lipinski definition) is 4. The summed E-state index contributed by atoms with van der Waals surface area (Å²) in [6.45, 7) is 2.49. The van der Waals surface area contributed by atoms with Crippen molar-refractivity contribution in [2.24, 2.45) is 5.73 Å². The molecule has 0 amide bonds. The maximum absolute atomic E-state index is 12.7. The van der Waals surface area contributed by atoms with Crippen LogP contribution in [0.5, 0.6) is 0 Å². The van der Waals surface area contributed by atoms with Crippen molar-refractivity contribution in [3.8, 4) is 11.1 Å². The molecule has 0 saturated carbocycles. The van der Waals surface area contributed by atoms with Crippen LogP contribution in [-0.4, -0.2) is 30.7 Å². The molecule has 0 bridgehead atoms. The van der Waals surface area contributed by atoms with Gasteiger partial charge in [0.25, 0.3) is 6.08 Å². The molecule has 0 fully saturated rings. The maximum Gasteiger partial charge on any atom is 0.346 e. The second-order valence-electron chi connectivity index (χ2n) is 6.05. The molecule has 0 unspecified atom stereocenters. The molecule has 9 heteroatoms. The second kappa shape index (κ2) is 8.09. The number of halogens is 2. The molecule has 0 saturated heterocycles. The minimum absolute atomic E-state index is 0.299. The lowest BCUT2D eigenvalue weighted by Gasteiger charge is -2.04. The van der Waals surface area contributed by atoms with Gasteiger partial charge in [0.1, 0.15) is 6.33 Å². The van der Waals surface area contributed by atoms with Gasteiger partial charge in [0.2, 0.25) is 0 Å². The van der Waals surface area contributed by atoms with E-state index in [0.717, 1.165) is 27.9 Å². The Morgan fingerprint density at radius 1 is 1.15 bits per heavy atom. The SMILES string of the molecule is CCn1cc(-c2ccc(Cn3cnn(CC(CN)=C(F)F)c3=O)cc2)cn1. The molecule has 27 heavy (non-hydrogen) atoms. The summed E-state index contributed by atoms with van der Waals surface area (Å²) in [6, 6.07) is 7.73. The summed E-state index contributed by atoms with van der Waals surface area (Å²) in [5.74, 6) is 0. The maximum atomic E-state index is 12.7. The molecule has 2 aromatic heterocycles. The number of hydrogen-bond donors (Lipinski definition) is 1. The highest BCUT2D eigenvalue weighted by Crippen LogP contribution is 2.19. The fraction of sp³-hybridized carbons (Fsp3) is 0.278. The van der Waals surface area contributed by atoms with Crippen molar-refractivity contribution in [3.05, 3.63) is 70.7 Å². The van der Waals surface area contributed by atoms with Gasteiger partial charge in [-0.2, -0.15) is 19.0 Å². The van der Waals surface area contributed by atoms with E-state index >= 15 is 0 Å². The lowest BCUT2D eigenvalue weighted by atomic mass is 10.1. The van der Waals surface area contributed by atoms with Crippen molar-refractivity contribution in [1.29, 1.82) is 0 Å². The molecule has 142 valence electrons. The Bertz CT molecular complexity index is 996. The van der Waals surface area contributed by atoms with Crippen molar-refractivity contribution < 1.29 is 8.78 Å². The van der Waals surface area contributed by atoms with E-state index < -0.39 is 11.8 Å². The molecule has 0 atom stereocenters. The monoisotopic (exact) mass is 374 g/mol. The smallest absolute Gasteiger partial charge is 0.327 e. The molecule has 2 N–H and O–H groups in total. The van der Waals surface area contributed by atoms with E-state index in [0.29, 0.717) is 6.54 Å². The highest BCUT2D eigenvalue weighted by molar-refractivity contribution is 5.61. The predicted molar refractivity (Wildman–Crippen MR) is 97.2 cm³/mol. The Hall–Kier alpha value is -3.07. The summed E-state index contributed by atoms with van der Waals surface area (Å²) in [6.07, 6.45) is 3.24. The standard InChI is InChI=1S/C18H20F2N6O/c1-2-25-10-16(8-22-25)14-5-3-13(4-6-14)9-24-12-23-26(18(24)27)11-15(7-21)17(19)20/h3-6,8,10,12H,2,7,9,11,21H2,1H3. The molecule has 0 aliphatic carbocycles. The Balaban J connectivity index is 1.74. The van der Waals surface area contributed by atoms with Crippen LogP contribution in [0.1, 0.15) is 12.5 Å². The molecule has 7 nitrogen and oxygen atoms in total. The molecule has 0 aliphatic heterocycles. The first-order valence-electron chi connectivity index (χ1n) is 8.49. The van der Waals surface area contributed by atoms with Gasteiger partial charge in [0.05, 0.1) is 19.3 Å². The van der Waals surface area contributed by atoms with Crippen molar-refractivity contribution in [2.75, 3.05) is 6.54 Å². The van der Waals surface area contributed by atoms with Crippen LogP contribution in [0.15, 0.2) is 59.4 Å². The average molecular weight is 374 g/mol. The van der Waals surface area contributed by atoms with Crippen molar-refractivity contribution >= 4 is 0 Å². The molecular formula is C18H20F2N6O. The van der Waals surface area contributed by atoms with Gasteiger partial charge in [0.15, 0.2) is 0 Å². The Kier molecular flexibility index (Phi) is 5.60. The van der Waals surface area contributed by atoms with Gasteiger partial charge in [0, 0.05) is 30.4 Å². The Morgan fingerprint density at radius 3 is 2.48 bits per heavy atom. The zero-order valence-corrected chi connectivity index (χ0v) is 14.8. The van der Waals surface area contributed by atoms with E-state index in [9.17, 15) is 13.6 Å². The normalized spacial score (nSPS) is 11.0. The average Bonchev–Trinajstić information content (AvgIpc) is 3.28. The van der Waals surface area contributed by atoms with E-state index in [-0.39, 0.29) is 18.7 Å². The lowest BCUT2D eigenvalue weighted by Crippen LogP contribution is -2.27. The Labute approximate surface area is 154 Å². The minimum Gasteiger partial charge on any atom is -0.327 e. The fourth-order valence-corrected chi connectivity index (χ4v) is 2.66. The number of benzene rings is 1. The zero-order chi connectivity index (χ0) is 19.4. The van der Waals surface area contributed by atoms with E-state index in [1.54, 1.807) is 6.20 Å². The van der Waals surface area contributed by atoms with Crippen LogP contribution in [0.25, 0.3) is 11.1 Å². The summed E-state index contributed by atoms with van der Waals surface area (Å²) >= 11 is 0. The number of rotatable bonds is 7. The van der Waals surface area contributed by atoms with Crippen molar-refractivity contribution in [2.45, 2.75) is 26.6 Å². The quantitative estimate of drug-likeness (QED) is 0.686. The van der Waals surface area contributed by atoms with E-state index in [4.69, 9.17) is 5.73 Å². The van der Waals surface area contributed by atoms with Gasteiger partial charge in [-0.25, -0.2) is 9.48 Å². The third kappa shape index (κ3) is 4.20. The summed E-state index contributed by atoms with van der Waals surface area (Å²) < 4.78 is 29.6. The van der Waals surface area contributed by atoms with Crippen LogP contribution in [0.3, 0.4) is 0 Å². The van der Waals surface area contributed by atoms with Gasteiger partial charge in [-0.15, -0.1) is 0 Å². The van der Waals surface area contributed by atoms with E-state index in [1.165, 1.54) is 10.9 Å². The number of aromatic nitrogens is 5.